The maximum atomic E-state index is 10.8. The smallest absolute Gasteiger partial charge is 0.294 e. The van der Waals surface area contributed by atoms with Crippen LogP contribution < -0.4 is 0 Å². The van der Waals surface area contributed by atoms with E-state index in [9.17, 15) is 4.79 Å². The maximum absolute atomic E-state index is 10.8. The van der Waals surface area contributed by atoms with Gasteiger partial charge in [0.2, 0.25) is 5.78 Å². The Balaban J connectivity index is 2.85. The first-order chi connectivity index (χ1) is 4.74. The molecule has 0 radical (unpaired) electrons. The number of halogens is 1. The van der Waals surface area contributed by atoms with Crippen molar-refractivity contribution in [2.45, 2.75) is 6.92 Å². The summed E-state index contributed by atoms with van der Waals surface area (Å²) in [6.45, 7) is 1.66. The highest BCUT2D eigenvalue weighted by Crippen LogP contribution is 1.98. The second-order valence-corrected chi connectivity index (χ2v) is 2.26. The van der Waals surface area contributed by atoms with E-state index in [1.165, 1.54) is 0 Å². The molecular weight excluding hydrogens is 200 g/mol. The fourth-order valence-corrected chi connectivity index (χ4v) is 0.707. The van der Waals surface area contributed by atoms with E-state index in [0.717, 1.165) is 0 Å². The molecule has 0 spiro atoms. The van der Waals surface area contributed by atoms with Crippen molar-refractivity contribution < 1.29 is 9.32 Å². The monoisotopic (exact) mass is 204 g/mol. The van der Waals surface area contributed by atoms with Crippen LogP contribution in [0.25, 0.3) is 0 Å². The molecule has 0 bridgehead atoms. The van der Waals surface area contributed by atoms with Crippen molar-refractivity contribution in [2.75, 3.05) is 5.33 Å². The van der Waals surface area contributed by atoms with E-state index >= 15 is 0 Å². The summed E-state index contributed by atoms with van der Waals surface area (Å²) in [6, 6.07) is 0. The van der Waals surface area contributed by atoms with Crippen molar-refractivity contribution in [3.63, 3.8) is 0 Å². The first-order valence-electron chi connectivity index (χ1n) is 2.63. The molecule has 0 aliphatic rings. The first-order valence-corrected chi connectivity index (χ1v) is 3.75. The molecule has 1 aromatic rings. The Morgan fingerprint density at radius 1 is 1.80 bits per heavy atom. The molecule has 0 N–H and O–H groups in total. The molecule has 0 aliphatic carbocycles. The van der Waals surface area contributed by atoms with Gasteiger partial charge in [-0.3, -0.25) is 4.79 Å². The van der Waals surface area contributed by atoms with Crippen molar-refractivity contribution in [3.05, 3.63) is 11.7 Å². The second kappa shape index (κ2) is 2.92. The minimum atomic E-state index is -0.194. The first kappa shape index (κ1) is 7.40. The van der Waals surface area contributed by atoms with Crippen molar-refractivity contribution >= 4 is 21.7 Å². The molecular formula is C5H5BrN2O2. The summed E-state index contributed by atoms with van der Waals surface area (Å²) < 4.78 is 4.58. The molecule has 0 unspecified atom stereocenters. The molecule has 4 nitrogen and oxygen atoms in total. The predicted octanol–water partition coefficient (Wildman–Crippen LogP) is 0.956. The van der Waals surface area contributed by atoms with Crippen LogP contribution in [0.3, 0.4) is 0 Å². The molecule has 0 aromatic carbocycles. The van der Waals surface area contributed by atoms with Gasteiger partial charge in [0.05, 0.1) is 5.33 Å². The van der Waals surface area contributed by atoms with E-state index in [4.69, 9.17) is 0 Å². The Morgan fingerprint density at radius 2 is 2.50 bits per heavy atom. The van der Waals surface area contributed by atoms with Crippen LogP contribution in [0, 0.1) is 6.92 Å². The van der Waals surface area contributed by atoms with E-state index in [-0.39, 0.29) is 17.0 Å². The fraction of sp³-hybridized carbons (Fsp3) is 0.400. The third-order valence-electron chi connectivity index (χ3n) is 0.887. The van der Waals surface area contributed by atoms with Crippen LogP contribution in [-0.2, 0) is 0 Å². The zero-order chi connectivity index (χ0) is 7.56. The largest absolute Gasteiger partial charge is 0.331 e. The van der Waals surface area contributed by atoms with Gasteiger partial charge in [0.15, 0.2) is 5.82 Å². The van der Waals surface area contributed by atoms with Gasteiger partial charge < -0.3 is 4.52 Å². The van der Waals surface area contributed by atoms with Crippen LogP contribution in [0.5, 0.6) is 0 Å². The zero-order valence-corrected chi connectivity index (χ0v) is 6.88. The molecule has 1 rings (SSSR count). The van der Waals surface area contributed by atoms with Crippen LogP contribution in [0.15, 0.2) is 4.52 Å². The molecule has 5 heteroatoms. The number of nitrogens with zero attached hydrogens (tertiary/aromatic N) is 2. The summed E-state index contributed by atoms with van der Waals surface area (Å²) in [4.78, 5) is 14.5. The summed E-state index contributed by atoms with van der Waals surface area (Å²) in [5, 5.41) is 3.67. The average molecular weight is 205 g/mol. The highest BCUT2D eigenvalue weighted by Gasteiger charge is 2.10. The van der Waals surface area contributed by atoms with Gasteiger partial charge in [-0.1, -0.05) is 21.1 Å². The molecule has 54 valence electrons. The van der Waals surface area contributed by atoms with Crippen LogP contribution in [0.4, 0.5) is 0 Å². The number of hydrogen-bond acceptors (Lipinski definition) is 4. The zero-order valence-electron chi connectivity index (χ0n) is 5.30. The molecule has 0 aliphatic heterocycles. The maximum Gasteiger partial charge on any atom is 0.294 e. The number of aromatic nitrogens is 2. The van der Waals surface area contributed by atoms with Gasteiger partial charge in [-0.25, -0.2) is 0 Å². The third kappa shape index (κ3) is 1.41. The summed E-state index contributed by atoms with van der Waals surface area (Å²) in [5.41, 5.74) is 0. The Kier molecular flexibility index (Phi) is 2.16. The summed E-state index contributed by atoms with van der Waals surface area (Å²) in [6.07, 6.45) is 0. The number of carbonyl (C=O) groups is 1. The lowest BCUT2D eigenvalue weighted by molar-refractivity contribution is 0.0978. The van der Waals surface area contributed by atoms with Gasteiger partial charge in [0, 0.05) is 0 Å². The minimum absolute atomic E-state index is 0.0642. The molecule has 0 saturated carbocycles. The van der Waals surface area contributed by atoms with E-state index in [0.29, 0.717) is 5.82 Å². The van der Waals surface area contributed by atoms with E-state index < -0.39 is 0 Å². The molecule has 0 amide bonds. The second-order valence-electron chi connectivity index (χ2n) is 1.70. The highest BCUT2D eigenvalue weighted by atomic mass is 79.9. The number of rotatable bonds is 2. The van der Waals surface area contributed by atoms with Gasteiger partial charge in [0.1, 0.15) is 0 Å². The lowest BCUT2D eigenvalue weighted by atomic mass is 10.4. The van der Waals surface area contributed by atoms with Crippen LogP contribution in [0.2, 0.25) is 0 Å². The molecule has 1 aromatic heterocycles. The Hall–Kier alpha value is -0.710. The van der Waals surface area contributed by atoms with Gasteiger partial charge in [-0.15, -0.1) is 0 Å². The number of carbonyl (C=O) groups excluding carboxylic acids is 1. The lowest BCUT2D eigenvalue weighted by Crippen LogP contribution is -1.99. The van der Waals surface area contributed by atoms with Crippen molar-refractivity contribution in [3.8, 4) is 0 Å². The number of ketones is 1. The van der Waals surface area contributed by atoms with Gasteiger partial charge in [0.25, 0.3) is 5.89 Å². The minimum Gasteiger partial charge on any atom is -0.331 e. The van der Waals surface area contributed by atoms with Crippen LogP contribution in [0.1, 0.15) is 16.5 Å². The van der Waals surface area contributed by atoms with Gasteiger partial charge >= 0.3 is 0 Å². The molecule has 0 saturated heterocycles. The fourth-order valence-electron chi connectivity index (χ4n) is 0.467. The highest BCUT2D eigenvalue weighted by molar-refractivity contribution is 9.09. The van der Waals surface area contributed by atoms with Gasteiger partial charge in [-0.2, -0.15) is 4.98 Å². The standard InChI is InChI=1S/C5H5BrN2O2/c1-3-7-5(10-8-3)4(9)2-6/h2H2,1H3. The van der Waals surface area contributed by atoms with Crippen molar-refractivity contribution in [2.24, 2.45) is 0 Å². The van der Waals surface area contributed by atoms with Crippen LogP contribution in [-0.4, -0.2) is 21.3 Å². The van der Waals surface area contributed by atoms with E-state index in [1.807, 2.05) is 0 Å². The Labute approximate surface area is 65.7 Å². The summed E-state index contributed by atoms with van der Waals surface area (Å²) in [7, 11) is 0. The van der Waals surface area contributed by atoms with Crippen molar-refractivity contribution in [1.82, 2.24) is 10.1 Å². The summed E-state index contributed by atoms with van der Waals surface area (Å²) in [5.74, 6) is 0.347. The van der Waals surface area contributed by atoms with E-state index in [1.54, 1.807) is 6.92 Å². The third-order valence-corrected chi connectivity index (χ3v) is 1.40. The van der Waals surface area contributed by atoms with E-state index in [2.05, 4.69) is 30.6 Å². The quantitative estimate of drug-likeness (QED) is 0.532. The Bertz CT molecular complexity index is 246. The molecule has 0 atom stereocenters. The number of hydrogen-bond donors (Lipinski definition) is 0. The van der Waals surface area contributed by atoms with Crippen LogP contribution >= 0.6 is 15.9 Å². The average Bonchev–Trinajstić information content (AvgIpc) is 2.34. The molecule has 1 heterocycles. The molecule has 0 fully saturated rings. The number of alkyl halides is 1. The SMILES string of the molecule is Cc1noc(C(=O)CBr)n1. The number of aryl methyl sites for hydroxylation is 1. The molecule has 10 heavy (non-hydrogen) atoms. The number of Topliss-reactive ketones (excluding diaryl/α,β-unsaturated/α-hetero) is 1. The predicted molar refractivity (Wildman–Crippen MR) is 37.2 cm³/mol. The lowest BCUT2D eigenvalue weighted by Gasteiger charge is -1.81. The van der Waals surface area contributed by atoms with Gasteiger partial charge in [-0.05, 0) is 6.92 Å². The van der Waals surface area contributed by atoms with Crippen molar-refractivity contribution in [1.29, 1.82) is 0 Å². The normalized spacial score (nSPS) is 9.80. The Morgan fingerprint density at radius 3 is 2.90 bits per heavy atom. The summed E-state index contributed by atoms with van der Waals surface area (Å²) >= 11 is 2.98. The topological polar surface area (TPSA) is 56.0 Å².